The quantitative estimate of drug-likeness (QED) is 0.675. The summed E-state index contributed by atoms with van der Waals surface area (Å²) in [6.07, 6.45) is 6.57. The minimum Gasteiger partial charge on any atom is -0.385 e. The normalized spacial score (nSPS) is 28.8. The topological polar surface area (TPSA) is 24.5 Å². The maximum absolute atomic E-state index is 5.15. The van der Waals surface area contributed by atoms with Gasteiger partial charge in [0.1, 0.15) is 0 Å². The Labute approximate surface area is 113 Å². The summed E-state index contributed by atoms with van der Waals surface area (Å²) in [5, 5.41) is 3.68. The summed E-state index contributed by atoms with van der Waals surface area (Å²) in [4.78, 5) is 2.55. The average Bonchev–Trinajstić information content (AvgIpc) is 2.39. The highest BCUT2D eigenvalue weighted by atomic mass is 16.5. The van der Waals surface area contributed by atoms with Crippen molar-refractivity contribution < 1.29 is 4.74 Å². The molecule has 1 N–H and O–H groups in total. The fourth-order valence-corrected chi connectivity index (χ4v) is 3.21. The maximum atomic E-state index is 5.15. The molecule has 0 bridgehead atoms. The highest BCUT2D eigenvalue weighted by molar-refractivity contribution is 4.89. The van der Waals surface area contributed by atoms with Crippen LogP contribution in [0.2, 0.25) is 0 Å². The van der Waals surface area contributed by atoms with Gasteiger partial charge >= 0.3 is 0 Å². The third kappa shape index (κ3) is 4.87. The number of rotatable bonds is 8. The van der Waals surface area contributed by atoms with Crippen molar-refractivity contribution in [1.82, 2.24) is 10.2 Å². The third-order valence-electron chi connectivity index (χ3n) is 4.39. The molecule has 3 atom stereocenters. The lowest BCUT2D eigenvalue weighted by molar-refractivity contribution is 0.105. The van der Waals surface area contributed by atoms with Crippen LogP contribution in [0, 0.1) is 5.92 Å². The van der Waals surface area contributed by atoms with E-state index in [1.54, 1.807) is 7.11 Å². The van der Waals surface area contributed by atoms with E-state index < -0.39 is 0 Å². The fraction of sp³-hybridized carbons (Fsp3) is 1.00. The number of nitrogens with one attached hydrogen (secondary N) is 1. The van der Waals surface area contributed by atoms with Gasteiger partial charge in [-0.3, -0.25) is 0 Å². The van der Waals surface area contributed by atoms with E-state index in [0.29, 0.717) is 12.1 Å². The molecule has 3 unspecified atom stereocenters. The molecule has 1 fully saturated rings. The smallest absolute Gasteiger partial charge is 0.0474 e. The van der Waals surface area contributed by atoms with Gasteiger partial charge in [-0.1, -0.05) is 20.3 Å². The fourth-order valence-electron chi connectivity index (χ4n) is 3.21. The molecule has 0 saturated heterocycles. The molecule has 0 spiro atoms. The standard InChI is InChI=1S/C15H32N2O/c1-5-13-8-9-14(16-6-2)15(12-13)17(3)10-7-11-18-4/h13-16H,5-12H2,1-4H3. The maximum Gasteiger partial charge on any atom is 0.0474 e. The van der Waals surface area contributed by atoms with Gasteiger partial charge in [0, 0.05) is 32.3 Å². The van der Waals surface area contributed by atoms with Gasteiger partial charge in [0.05, 0.1) is 0 Å². The van der Waals surface area contributed by atoms with Crippen LogP contribution in [0.15, 0.2) is 0 Å². The number of ether oxygens (including phenoxy) is 1. The second-order valence-electron chi connectivity index (χ2n) is 5.65. The molecule has 1 aliphatic rings. The second kappa shape index (κ2) is 8.89. The number of likely N-dealkylation sites (N-methyl/N-ethyl adjacent to an activating group) is 2. The Morgan fingerprint density at radius 2 is 2.06 bits per heavy atom. The van der Waals surface area contributed by atoms with Crippen molar-refractivity contribution in [2.75, 3.05) is 33.9 Å². The largest absolute Gasteiger partial charge is 0.385 e. The highest BCUT2D eigenvalue weighted by Crippen LogP contribution is 2.29. The number of hydrogen-bond acceptors (Lipinski definition) is 3. The van der Waals surface area contributed by atoms with E-state index in [-0.39, 0.29) is 0 Å². The summed E-state index contributed by atoms with van der Waals surface area (Å²) in [7, 11) is 4.07. The van der Waals surface area contributed by atoms with Crippen LogP contribution in [0.4, 0.5) is 0 Å². The Balaban J connectivity index is 2.48. The molecule has 0 aromatic heterocycles. The van der Waals surface area contributed by atoms with Crippen LogP contribution in [0.25, 0.3) is 0 Å². The minimum atomic E-state index is 0.686. The highest BCUT2D eigenvalue weighted by Gasteiger charge is 2.31. The molecule has 0 amide bonds. The van der Waals surface area contributed by atoms with Crippen molar-refractivity contribution in [3.8, 4) is 0 Å². The molecule has 0 heterocycles. The molecule has 0 aliphatic heterocycles. The minimum absolute atomic E-state index is 0.686. The van der Waals surface area contributed by atoms with E-state index in [9.17, 15) is 0 Å². The lowest BCUT2D eigenvalue weighted by Crippen LogP contribution is -2.52. The first-order valence-corrected chi connectivity index (χ1v) is 7.65. The van der Waals surface area contributed by atoms with Gasteiger partial charge < -0.3 is 15.0 Å². The zero-order chi connectivity index (χ0) is 13.4. The van der Waals surface area contributed by atoms with Crippen LogP contribution in [-0.2, 0) is 4.74 Å². The summed E-state index contributed by atoms with van der Waals surface area (Å²) in [5.74, 6) is 0.926. The lowest BCUT2D eigenvalue weighted by Gasteiger charge is -2.41. The Hall–Kier alpha value is -0.120. The molecule has 1 rings (SSSR count). The lowest BCUT2D eigenvalue weighted by atomic mass is 9.80. The predicted molar refractivity (Wildman–Crippen MR) is 78.0 cm³/mol. The molecule has 108 valence electrons. The van der Waals surface area contributed by atoms with Gasteiger partial charge in [-0.05, 0) is 45.2 Å². The first-order valence-electron chi connectivity index (χ1n) is 7.65. The molecule has 18 heavy (non-hydrogen) atoms. The van der Waals surface area contributed by atoms with E-state index >= 15 is 0 Å². The zero-order valence-corrected chi connectivity index (χ0v) is 12.7. The van der Waals surface area contributed by atoms with E-state index in [1.165, 1.54) is 25.7 Å². The summed E-state index contributed by atoms with van der Waals surface area (Å²) in [6, 6.07) is 1.39. The van der Waals surface area contributed by atoms with E-state index in [2.05, 4.69) is 31.1 Å². The molecular weight excluding hydrogens is 224 g/mol. The third-order valence-corrected chi connectivity index (χ3v) is 4.39. The predicted octanol–water partition coefficient (Wildman–Crippen LogP) is 2.51. The van der Waals surface area contributed by atoms with Crippen molar-refractivity contribution in [1.29, 1.82) is 0 Å². The molecule has 1 aliphatic carbocycles. The van der Waals surface area contributed by atoms with Crippen molar-refractivity contribution >= 4 is 0 Å². The Bertz CT molecular complexity index is 211. The van der Waals surface area contributed by atoms with Gasteiger partial charge in [0.25, 0.3) is 0 Å². The number of hydrogen-bond donors (Lipinski definition) is 1. The van der Waals surface area contributed by atoms with Gasteiger partial charge in [-0.25, -0.2) is 0 Å². The van der Waals surface area contributed by atoms with Crippen molar-refractivity contribution in [3.05, 3.63) is 0 Å². The number of nitrogens with zero attached hydrogens (tertiary/aromatic N) is 1. The van der Waals surface area contributed by atoms with Crippen LogP contribution in [0.3, 0.4) is 0 Å². The Morgan fingerprint density at radius 1 is 1.28 bits per heavy atom. The van der Waals surface area contributed by atoms with Crippen LogP contribution in [-0.4, -0.2) is 50.8 Å². The summed E-state index contributed by atoms with van der Waals surface area (Å²) >= 11 is 0. The Kier molecular flexibility index (Phi) is 7.87. The van der Waals surface area contributed by atoms with E-state index in [4.69, 9.17) is 4.74 Å². The molecule has 1 saturated carbocycles. The first-order chi connectivity index (χ1) is 8.72. The monoisotopic (exact) mass is 256 g/mol. The molecule has 0 radical (unpaired) electrons. The molecular formula is C15H32N2O. The van der Waals surface area contributed by atoms with Crippen LogP contribution >= 0.6 is 0 Å². The van der Waals surface area contributed by atoms with Gasteiger partial charge in [0.15, 0.2) is 0 Å². The Morgan fingerprint density at radius 3 is 2.67 bits per heavy atom. The van der Waals surface area contributed by atoms with E-state index in [0.717, 1.165) is 32.0 Å². The SMILES string of the molecule is CCNC1CCC(CC)CC1N(C)CCCOC. The average molecular weight is 256 g/mol. The first kappa shape index (κ1) is 15.9. The summed E-state index contributed by atoms with van der Waals surface area (Å²) in [6.45, 7) is 7.66. The van der Waals surface area contributed by atoms with Crippen LogP contribution in [0.1, 0.15) is 46.0 Å². The summed E-state index contributed by atoms with van der Waals surface area (Å²) in [5.41, 5.74) is 0. The van der Waals surface area contributed by atoms with Crippen molar-refractivity contribution in [3.63, 3.8) is 0 Å². The zero-order valence-electron chi connectivity index (χ0n) is 12.7. The molecule has 3 nitrogen and oxygen atoms in total. The van der Waals surface area contributed by atoms with Gasteiger partial charge in [-0.15, -0.1) is 0 Å². The van der Waals surface area contributed by atoms with Crippen LogP contribution in [0.5, 0.6) is 0 Å². The molecule has 0 aromatic carbocycles. The van der Waals surface area contributed by atoms with Gasteiger partial charge in [-0.2, -0.15) is 0 Å². The molecule has 0 aromatic rings. The van der Waals surface area contributed by atoms with Crippen molar-refractivity contribution in [2.45, 2.75) is 58.0 Å². The number of methoxy groups -OCH3 is 1. The second-order valence-corrected chi connectivity index (χ2v) is 5.65. The van der Waals surface area contributed by atoms with Gasteiger partial charge in [0.2, 0.25) is 0 Å². The molecule has 3 heteroatoms. The van der Waals surface area contributed by atoms with E-state index in [1.807, 2.05) is 0 Å². The van der Waals surface area contributed by atoms with Crippen molar-refractivity contribution in [2.24, 2.45) is 5.92 Å². The van der Waals surface area contributed by atoms with Crippen LogP contribution < -0.4 is 5.32 Å². The summed E-state index contributed by atoms with van der Waals surface area (Å²) < 4.78 is 5.15.